The van der Waals surface area contributed by atoms with E-state index in [9.17, 15) is 4.79 Å². The fourth-order valence-corrected chi connectivity index (χ4v) is 6.17. The van der Waals surface area contributed by atoms with Gasteiger partial charge in [0.25, 0.3) is 0 Å². The second-order valence-electron chi connectivity index (χ2n) is 10.0. The minimum absolute atomic E-state index is 0.0273. The van der Waals surface area contributed by atoms with Gasteiger partial charge in [-0.3, -0.25) is 4.79 Å². The van der Waals surface area contributed by atoms with Crippen molar-refractivity contribution in [2.45, 2.75) is 51.0 Å². The molecule has 2 aliphatic rings. The lowest BCUT2D eigenvalue weighted by atomic mass is 9.72. The van der Waals surface area contributed by atoms with Crippen molar-refractivity contribution in [1.82, 2.24) is 4.90 Å². The number of hydrogen-bond donors (Lipinski definition) is 0. The molecule has 0 saturated heterocycles. The van der Waals surface area contributed by atoms with Crippen LogP contribution < -0.4 is 0 Å². The molecule has 1 saturated carbocycles. The van der Waals surface area contributed by atoms with Crippen LogP contribution in [0.25, 0.3) is 5.70 Å². The Balaban J connectivity index is 1.71. The molecule has 0 spiro atoms. The SMILES string of the molecule is CCOCC1=C(c2ccccc2)N(C2CCCCC2)C[C@@H](C(=O)c2ccccc2)[C@@H]1c1ccccc1. The summed E-state index contributed by atoms with van der Waals surface area (Å²) >= 11 is 0. The maximum Gasteiger partial charge on any atom is 0.168 e. The number of hydrogen-bond acceptors (Lipinski definition) is 3. The molecule has 1 aliphatic carbocycles. The molecule has 36 heavy (non-hydrogen) atoms. The third-order valence-corrected chi connectivity index (χ3v) is 7.84. The van der Waals surface area contributed by atoms with Gasteiger partial charge in [0.15, 0.2) is 5.78 Å². The average molecular weight is 480 g/mol. The molecule has 3 aromatic rings. The largest absolute Gasteiger partial charge is 0.377 e. The van der Waals surface area contributed by atoms with Crippen LogP contribution in [0.2, 0.25) is 0 Å². The molecule has 2 atom stereocenters. The third-order valence-electron chi connectivity index (χ3n) is 7.84. The molecule has 0 unspecified atom stereocenters. The van der Waals surface area contributed by atoms with E-state index in [0.29, 0.717) is 19.3 Å². The molecule has 3 nitrogen and oxygen atoms in total. The van der Waals surface area contributed by atoms with E-state index >= 15 is 0 Å². The Morgan fingerprint density at radius 1 is 0.833 bits per heavy atom. The summed E-state index contributed by atoms with van der Waals surface area (Å²) < 4.78 is 6.15. The van der Waals surface area contributed by atoms with Crippen LogP contribution in [0.5, 0.6) is 0 Å². The first-order chi connectivity index (χ1) is 17.8. The number of carbonyl (C=O) groups is 1. The van der Waals surface area contributed by atoms with Crippen molar-refractivity contribution in [3.05, 3.63) is 113 Å². The number of carbonyl (C=O) groups excluding carboxylic acids is 1. The summed E-state index contributed by atoms with van der Waals surface area (Å²) in [4.78, 5) is 16.8. The first kappa shape index (κ1) is 24.5. The molecule has 1 aliphatic heterocycles. The van der Waals surface area contributed by atoms with Gasteiger partial charge in [0, 0.05) is 36.4 Å². The van der Waals surface area contributed by atoms with Gasteiger partial charge in [-0.05, 0) is 36.5 Å². The second-order valence-corrected chi connectivity index (χ2v) is 10.0. The Bertz CT molecular complexity index is 1150. The molecule has 1 heterocycles. The lowest BCUT2D eigenvalue weighted by molar-refractivity contribution is 0.0826. The molecular formula is C33H37NO2. The van der Waals surface area contributed by atoms with E-state index in [1.807, 2.05) is 30.3 Å². The zero-order valence-corrected chi connectivity index (χ0v) is 21.3. The van der Waals surface area contributed by atoms with Crippen molar-refractivity contribution >= 4 is 11.5 Å². The van der Waals surface area contributed by atoms with E-state index in [0.717, 1.165) is 12.1 Å². The van der Waals surface area contributed by atoms with E-state index in [2.05, 4.69) is 72.5 Å². The lowest BCUT2D eigenvalue weighted by Gasteiger charge is -2.47. The van der Waals surface area contributed by atoms with Gasteiger partial charge in [0.1, 0.15) is 0 Å². The zero-order chi connectivity index (χ0) is 24.7. The number of ketones is 1. The fraction of sp³-hybridized carbons (Fsp3) is 0.364. The highest BCUT2D eigenvalue weighted by molar-refractivity contribution is 5.99. The van der Waals surface area contributed by atoms with Gasteiger partial charge >= 0.3 is 0 Å². The van der Waals surface area contributed by atoms with Gasteiger partial charge in [-0.2, -0.15) is 0 Å². The number of benzene rings is 3. The van der Waals surface area contributed by atoms with Crippen LogP contribution in [0.4, 0.5) is 0 Å². The summed E-state index contributed by atoms with van der Waals surface area (Å²) in [6.07, 6.45) is 6.17. The van der Waals surface area contributed by atoms with Crippen LogP contribution in [0.15, 0.2) is 96.6 Å². The van der Waals surface area contributed by atoms with Crippen molar-refractivity contribution in [3.8, 4) is 0 Å². The number of Topliss-reactive ketones (excluding diaryl/α,β-unsaturated/α-hetero) is 1. The highest BCUT2D eigenvalue weighted by Crippen LogP contribution is 2.46. The summed E-state index contributed by atoms with van der Waals surface area (Å²) in [6.45, 7) is 3.96. The third kappa shape index (κ3) is 5.17. The maximum absolute atomic E-state index is 14.2. The van der Waals surface area contributed by atoms with Crippen LogP contribution in [0, 0.1) is 5.92 Å². The predicted octanol–water partition coefficient (Wildman–Crippen LogP) is 7.37. The Hall–Kier alpha value is -3.17. The van der Waals surface area contributed by atoms with Crippen LogP contribution in [0.3, 0.4) is 0 Å². The molecule has 0 aromatic heterocycles. The van der Waals surface area contributed by atoms with Crippen molar-refractivity contribution < 1.29 is 9.53 Å². The predicted molar refractivity (Wildman–Crippen MR) is 147 cm³/mol. The van der Waals surface area contributed by atoms with Crippen LogP contribution in [0.1, 0.15) is 66.4 Å². The van der Waals surface area contributed by atoms with Crippen molar-refractivity contribution in [2.24, 2.45) is 5.92 Å². The Morgan fingerprint density at radius 2 is 1.44 bits per heavy atom. The molecule has 0 N–H and O–H groups in total. The number of nitrogens with zero attached hydrogens (tertiary/aromatic N) is 1. The van der Waals surface area contributed by atoms with Gasteiger partial charge in [-0.1, -0.05) is 110 Å². The van der Waals surface area contributed by atoms with E-state index in [1.165, 1.54) is 54.5 Å². The van der Waals surface area contributed by atoms with E-state index in [4.69, 9.17) is 4.74 Å². The quantitative estimate of drug-likeness (QED) is 0.316. The Labute approximate surface area is 215 Å². The average Bonchev–Trinajstić information content (AvgIpc) is 2.96. The molecule has 0 radical (unpaired) electrons. The first-order valence-electron chi connectivity index (χ1n) is 13.5. The molecule has 186 valence electrons. The zero-order valence-electron chi connectivity index (χ0n) is 21.3. The summed E-state index contributed by atoms with van der Waals surface area (Å²) in [5.74, 6) is 0.0338. The van der Waals surface area contributed by atoms with Crippen LogP contribution in [-0.2, 0) is 4.74 Å². The lowest BCUT2D eigenvalue weighted by Crippen LogP contribution is -2.47. The highest BCUT2D eigenvalue weighted by Gasteiger charge is 2.42. The summed E-state index contributed by atoms with van der Waals surface area (Å²) in [5.41, 5.74) is 5.73. The highest BCUT2D eigenvalue weighted by atomic mass is 16.5. The molecule has 1 fully saturated rings. The van der Waals surface area contributed by atoms with Crippen molar-refractivity contribution in [1.29, 1.82) is 0 Å². The first-order valence-corrected chi connectivity index (χ1v) is 13.5. The van der Waals surface area contributed by atoms with E-state index in [1.54, 1.807) is 0 Å². The van der Waals surface area contributed by atoms with Gasteiger partial charge in [0.2, 0.25) is 0 Å². The molecule has 0 bridgehead atoms. The molecule has 5 rings (SSSR count). The smallest absolute Gasteiger partial charge is 0.168 e. The Morgan fingerprint density at radius 3 is 2.08 bits per heavy atom. The van der Waals surface area contributed by atoms with Gasteiger partial charge in [-0.15, -0.1) is 0 Å². The summed E-state index contributed by atoms with van der Waals surface area (Å²) in [7, 11) is 0. The summed E-state index contributed by atoms with van der Waals surface area (Å²) in [6, 6.07) is 31.7. The standard InChI is InChI=1S/C33H37NO2/c1-2-36-24-30-31(25-15-7-3-8-16-25)29(33(35)27-19-11-5-12-20-27)23-34(28-21-13-6-14-22-28)32(30)26-17-9-4-10-18-26/h3-5,7-12,15-20,28-29,31H,2,6,13-14,21-24H2,1H3/t29-,31+/m1/s1. The van der Waals surface area contributed by atoms with Gasteiger partial charge in [0.05, 0.1) is 12.5 Å². The topological polar surface area (TPSA) is 29.5 Å². The minimum atomic E-state index is -0.167. The maximum atomic E-state index is 14.2. The second kappa shape index (κ2) is 11.7. The van der Waals surface area contributed by atoms with Crippen molar-refractivity contribution in [2.75, 3.05) is 19.8 Å². The monoisotopic (exact) mass is 479 g/mol. The minimum Gasteiger partial charge on any atom is -0.377 e. The molecule has 3 heteroatoms. The number of ether oxygens (including phenoxy) is 1. The molecular weight excluding hydrogens is 442 g/mol. The fourth-order valence-electron chi connectivity index (χ4n) is 6.17. The van der Waals surface area contributed by atoms with E-state index in [-0.39, 0.29) is 17.6 Å². The molecule has 0 amide bonds. The normalized spacial score (nSPS) is 21.0. The summed E-state index contributed by atoms with van der Waals surface area (Å²) in [5, 5.41) is 0. The van der Waals surface area contributed by atoms with Crippen molar-refractivity contribution in [3.63, 3.8) is 0 Å². The number of rotatable bonds is 8. The van der Waals surface area contributed by atoms with Crippen LogP contribution in [-0.4, -0.2) is 36.5 Å². The van der Waals surface area contributed by atoms with E-state index < -0.39 is 0 Å². The Kier molecular flexibility index (Phi) is 7.98. The molecule has 3 aromatic carbocycles. The van der Waals surface area contributed by atoms with Gasteiger partial charge < -0.3 is 9.64 Å². The van der Waals surface area contributed by atoms with Gasteiger partial charge in [-0.25, -0.2) is 0 Å². The van der Waals surface area contributed by atoms with Crippen LogP contribution >= 0.6 is 0 Å².